The average Bonchev–Trinajstić information content (AvgIpc) is 2.97. The maximum Gasteiger partial charge on any atom is 0.289 e. The third-order valence-electron chi connectivity index (χ3n) is 4.44. The molecule has 132 valence electrons. The number of furan rings is 1. The molecular formula is C21H21N3O2. The highest BCUT2D eigenvalue weighted by molar-refractivity contribution is 5.99. The number of nitriles is 1. The molecule has 0 fully saturated rings. The first-order chi connectivity index (χ1) is 12.6. The molecule has 0 unspecified atom stereocenters. The van der Waals surface area contributed by atoms with Gasteiger partial charge in [-0.2, -0.15) is 10.4 Å². The molecule has 26 heavy (non-hydrogen) atoms. The second-order valence-electron chi connectivity index (χ2n) is 6.36. The molecule has 0 aliphatic carbocycles. The van der Waals surface area contributed by atoms with Gasteiger partial charge in [-0.1, -0.05) is 31.5 Å². The van der Waals surface area contributed by atoms with Crippen molar-refractivity contribution in [1.82, 2.24) is 4.68 Å². The maximum absolute atomic E-state index is 12.5. The van der Waals surface area contributed by atoms with Crippen molar-refractivity contribution in [1.29, 1.82) is 5.26 Å². The molecule has 3 aromatic rings. The normalized spacial score (nSPS) is 11.3. The summed E-state index contributed by atoms with van der Waals surface area (Å²) in [5.41, 5.74) is 2.77. The van der Waals surface area contributed by atoms with E-state index in [1.54, 1.807) is 26.1 Å². The number of rotatable bonds is 5. The first-order valence-corrected chi connectivity index (χ1v) is 8.75. The lowest BCUT2D eigenvalue weighted by Crippen LogP contribution is -2.22. The lowest BCUT2D eigenvalue weighted by Gasteiger charge is -2.06. The van der Waals surface area contributed by atoms with Crippen LogP contribution in [0.3, 0.4) is 0 Å². The Kier molecular flexibility index (Phi) is 5.04. The minimum Gasteiger partial charge on any atom is -0.460 e. The number of hydrogen-bond donors (Lipinski definition) is 0. The Hall–Kier alpha value is -3.13. The third kappa shape index (κ3) is 3.18. The second-order valence-corrected chi connectivity index (χ2v) is 6.36. The minimum atomic E-state index is -0.399. The van der Waals surface area contributed by atoms with Crippen LogP contribution in [0.1, 0.15) is 47.9 Å². The van der Waals surface area contributed by atoms with E-state index < -0.39 is 5.56 Å². The van der Waals surface area contributed by atoms with Crippen molar-refractivity contribution in [3.63, 3.8) is 0 Å². The van der Waals surface area contributed by atoms with Gasteiger partial charge in [0.05, 0.1) is 6.21 Å². The van der Waals surface area contributed by atoms with Gasteiger partial charge in [0.2, 0.25) is 0 Å². The number of benzene rings is 1. The van der Waals surface area contributed by atoms with Gasteiger partial charge in [0.1, 0.15) is 23.0 Å². The molecule has 0 spiro atoms. The van der Waals surface area contributed by atoms with Gasteiger partial charge in [0, 0.05) is 23.1 Å². The van der Waals surface area contributed by atoms with Crippen LogP contribution < -0.4 is 5.56 Å². The van der Waals surface area contributed by atoms with Crippen LogP contribution in [-0.4, -0.2) is 10.9 Å². The zero-order chi connectivity index (χ0) is 18.7. The first-order valence-electron chi connectivity index (χ1n) is 8.75. The monoisotopic (exact) mass is 347 g/mol. The van der Waals surface area contributed by atoms with Crippen LogP contribution in [-0.2, 0) is 6.42 Å². The lowest BCUT2D eigenvalue weighted by atomic mass is 10.1. The SMILES string of the molecule is CCCCc1oc2ccccc2c1/C=N\n1c(C)cc(C)c(C#N)c1=O. The Balaban J connectivity index is 2.12. The predicted molar refractivity (Wildman–Crippen MR) is 103 cm³/mol. The topological polar surface area (TPSA) is 71.3 Å². The molecular weight excluding hydrogens is 326 g/mol. The molecule has 5 nitrogen and oxygen atoms in total. The second kappa shape index (κ2) is 7.40. The van der Waals surface area contributed by atoms with Crippen molar-refractivity contribution >= 4 is 17.2 Å². The van der Waals surface area contributed by atoms with Gasteiger partial charge >= 0.3 is 0 Å². The summed E-state index contributed by atoms with van der Waals surface area (Å²) in [6.45, 7) is 5.70. The molecule has 0 N–H and O–H groups in total. The third-order valence-corrected chi connectivity index (χ3v) is 4.44. The highest BCUT2D eigenvalue weighted by Crippen LogP contribution is 2.25. The fraction of sp³-hybridized carbons (Fsp3) is 0.286. The zero-order valence-corrected chi connectivity index (χ0v) is 15.2. The maximum atomic E-state index is 12.5. The summed E-state index contributed by atoms with van der Waals surface area (Å²) in [7, 11) is 0. The molecule has 0 bridgehead atoms. The number of nitrogens with zero attached hydrogens (tertiary/aromatic N) is 3. The smallest absolute Gasteiger partial charge is 0.289 e. The van der Waals surface area contributed by atoms with E-state index in [1.807, 2.05) is 30.3 Å². The summed E-state index contributed by atoms with van der Waals surface area (Å²) in [4.78, 5) is 12.5. The molecule has 0 atom stereocenters. The Bertz CT molecular complexity index is 1080. The van der Waals surface area contributed by atoms with Crippen LogP contribution in [0.5, 0.6) is 0 Å². The lowest BCUT2D eigenvalue weighted by molar-refractivity contribution is 0.536. The molecule has 1 aromatic carbocycles. The van der Waals surface area contributed by atoms with E-state index in [2.05, 4.69) is 12.0 Å². The van der Waals surface area contributed by atoms with Crippen molar-refractivity contribution in [2.45, 2.75) is 40.0 Å². The van der Waals surface area contributed by atoms with Crippen molar-refractivity contribution in [2.75, 3.05) is 0 Å². The number of fused-ring (bicyclic) bond motifs is 1. The van der Waals surface area contributed by atoms with Crippen LogP contribution >= 0.6 is 0 Å². The Morgan fingerprint density at radius 3 is 2.81 bits per heavy atom. The number of unbranched alkanes of at least 4 members (excludes halogenated alkanes) is 1. The molecule has 0 saturated carbocycles. The molecule has 0 aliphatic heterocycles. The molecule has 0 saturated heterocycles. The summed E-state index contributed by atoms with van der Waals surface area (Å²) in [6, 6.07) is 11.6. The van der Waals surface area contributed by atoms with Crippen LogP contribution in [0.2, 0.25) is 0 Å². The van der Waals surface area contributed by atoms with Gasteiger partial charge in [-0.3, -0.25) is 4.79 Å². The number of aryl methyl sites for hydroxylation is 3. The van der Waals surface area contributed by atoms with Gasteiger partial charge in [-0.05, 0) is 38.0 Å². The molecule has 0 amide bonds. The molecule has 2 aromatic heterocycles. The molecule has 0 aliphatic rings. The van der Waals surface area contributed by atoms with Gasteiger partial charge in [0.25, 0.3) is 5.56 Å². The number of aromatic nitrogens is 1. The van der Waals surface area contributed by atoms with E-state index in [9.17, 15) is 10.1 Å². The van der Waals surface area contributed by atoms with Gasteiger partial charge < -0.3 is 4.42 Å². The fourth-order valence-electron chi connectivity index (χ4n) is 3.06. The minimum absolute atomic E-state index is 0.121. The van der Waals surface area contributed by atoms with E-state index in [0.29, 0.717) is 11.3 Å². The van der Waals surface area contributed by atoms with E-state index >= 15 is 0 Å². The predicted octanol–water partition coefficient (Wildman–Crippen LogP) is 4.31. The molecule has 2 heterocycles. The number of pyridine rings is 1. The standard InChI is InChI=1S/C21H21N3O2/c1-4-5-9-20-18(16-8-6-7-10-19(16)26-20)13-23-24-15(3)11-14(2)17(12-22)21(24)25/h6-8,10-11,13H,4-5,9H2,1-3H3/b23-13-. The number of hydrogen-bond acceptors (Lipinski definition) is 4. The van der Waals surface area contributed by atoms with E-state index in [4.69, 9.17) is 4.42 Å². The van der Waals surface area contributed by atoms with Gasteiger partial charge in [-0.25, -0.2) is 4.68 Å². The van der Waals surface area contributed by atoms with Crippen LogP contribution in [0.25, 0.3) is 11.0 Å². The van der Waals surface area contributed by atoms with Crippen LogP contribution in [0, 0.1) is 25.2 Å². The molecule has 5 heteroatoms. The summed E-state index contributed by atoms with van der Waals surface area (Å²) in [5, 5.41) is 14.6. The fourth-order valence-corrected chi connectivity index (χ4v) is 3.06. The Morgan fingerprint density at radius 2 is 2.08 bits per heavy atom. The van der Waals surface area contributed by atoms with Crippen LogP contribution in [0.4, 0.5) is 0 Å². The van der Waals surface area contributed by atoms with Gasteiger partial charge in [-0.15, -0.1) is 0 Å². The zero-order valence-electron chi connectivity index (χ0n) is 15.2. The first kappa shape index (κ1) is 17.7. The van der Waals surface area contributed by atoms with E-state index in [-0.39, 0.29) is 5.56 Å². The van der Waals surface area contributed by atoms with Crippen molar-refractivity contribution in [3.05, 3.63) is 68.8 Å². The average molecular weight is 347 g/mol. The van der Waals surface area contributed by atoms with E-state index in [0.717, 1.165) is 41.6 Å². The summed E-state index contributed by atoms with van der Waals surface area (Å²) < 4.78 is 7.26. The largest absolute Gasteiger partial charge is 0.460 e. The summed E-state index contributed by atoms with van der Waals surface area (Å²) in [6.07, 6.45) is 4.57. The summed E-state index contributed by atoms with van der Waals surface area (Å²) in [5.74, 6) is 0.870. The Labute approximate surface area is 152 Å². The van der Waals surface area contributed by atoms with Crippen molar-refractivity contribution in [3.8, 4) is 6.07 Å². The molecule has 3 rings (SSSR count). The quantitative estimate of drug-likeness (QED) is 0.646. The van der Waals surface area contributed by atoms with Crippen molar-refractivity contribution in [2.24, 2.45) is 5.10 Å². The highest BCUT2D eigenvalue weighted by Gasteiger charge is 2.13. The Morgan fingerprint density at radius 1 is 1.31 bits per heavy atom. The van der Waals surface area contributed by atoms with E-state index in [1.165, 1.54) is 4.68 Å². The van der Waals surface area contributed by atoms with Crippen LogP contribution in [0.15, 0.2) is 44.6 Å². The van der Waals surface area contributed by atoms with Gasteiger partial charge in [0.15, 0.2) is 0 Å². The van der Waals surface area contributed by atoms with Crippen molar-refractivity contribution < 1.29 is 4.42 Å². The molecule has 0 radical (unpaired) electrons. The summed E-state index contributed by atoms with van der Waals surface area (Å²) >= 11 is 0. The highest BCUT2D eigenvalue weighted by atomic mass is 16.3. The number of para-hydroxylation sites is 1.